The van der Waals surface area contributed by atoms with Crippen molar-refractivity contribution >= 4 is 11.5 Å². The van der Waals surface area contributed by atoms with Crippen LogP contribution in [0, 0.1) is 0 Å². The van der Waals surface area contributed by atoms with Crippen molar-refractivity contribution in [2.24, 2.45) is 5.73 Å². The average Bonchev–Trinajstić information content (AvgIpc) is 2.78. The van der Waals surface area contributed by atoms with E-state index in [4.69, 9.17) is 15.2 Å². The minimum Gasteiger partial charge on any atom is -0.489 e. The number of nitrogens with two attached hydrogens (primary N) is 1. The van der Waals surface area contributed by atoms with E-state index in [2.05, 4.69) is 5.43 Å². The fraction of sp³-hybridized carbons (Fsp3) is 0.214. The Morgan fingerprint density at radius 3 is 3.05 bits per heavy atom. The van der Waals surface area contributed by atoms with Crippen LogP contribution in [0.15, 0.2) is 42.3 Å². The second-order valence-corrected chi connectivity index (χ2v) is 4.55. The third-order valence-corrected chi connectivity index (χ3v) is 3.25. The molecule has 0 aromatic heterocycles. The smallest absolute Gasteiger partial charge is 0.343 e. The highest BCUT2D eigenvalue weighted by Crippen LogP contribution is 2.30. The van der Waals surface area contributed by atoms with Gasteiger partial charge in [-0.25, -0.2) is 9.80 Å². The van der Waals surface area contributed by atoms with Crippen molar-refractivity contribution in [1.29, 1.82) is 0 Å². The van der Waals surface area contributed by atoms with Gasteiger partial charge in [0.15, 0.2) is 5.76 Å². The summed E-state index contributed by atoms with van der Waals surface area (Å²) < 4.78 is 10.8. The molecule has 6 heteroatoms. The first-order chi connectivity index (χ1) is 9.66. The van der Waals surface area contributed by atoms with Crippen LogP contribution in [-0.4, -0.2) is 30.8 Å². The number of hydrazine groups is 1. The van der Waals surface area contributed by atoms with E-state index in [-0.39, 0.29) is 0 Å². The van der Waals surface area contributed by atoms with Crippen LogP contribution in [-0.2, 0) is 9.53 Å². The molecule has 2 heterocycles. The van der Waals surface area contributed by atoms with Gasteiger partial charge in [-0.1, -0.05) is 18.2 Å². The van der Waals surface area contributed by atoms with Crippen LogP contribution in [0.25, 0.3) is 5.57 Å². The molecule has 0 amide bonds. The number of carbonyl (C=O) groups is 1. The summed E-state index contributed by atoms with van der Waals surface area (Å²) in [6.07, 6.45) is 2.81. The third kappa shape index (κ3) is 2.15. The lowest BCUT2D eigenvalue weighted by molar-refractivity contribution is -0.133. The molecular weight excluding hydrogens is 258 g/mol. The van der Waals surface area contributed by atoms with Gasteiger partial charge < -0.3 is 20.6 Å². The zero-order valence-electron chi connectivity index (χ0n) is 11.0. The van der Waals surface area contributed by atoms with E-state index >= 15 is 0 Å². The summed E-state index contributed by atoms with van der Waals surface area (Å²) in [5.41, 5.74) is 9.97. The van der Waals surface area contributed by atoms with Gasteiger partial charge in [0.1, 0.15) is 18.5 Å². The lowest BCUT2D eigenvalue weighted by Crippen LogP contribution is -2.41. The molecule has 0 fully saturated rings. The van der Waals surface area contributed by atoms with Crippen molar-refractivity contribution in [2.75, 3.05) is 13.7 Å². The zero-order chi connectivity index (χ0) is 14.1. The summed E-state index contributed by atoms with van der Waals surface area (Å²) in [5.74, 6) is 0.642. The van der Waals surface area contributed by atoms with E-state index in [1.54, 1.807) is 24.3 Å². The van der Waals surface area contributed by atoms with Gasteiger partial charge in [0.25, 0.3) is 0 Å². The Bertz CT molecular complexity index is 609. The number of hydrogen-bond acceptors (Lipinski definition) is 6. The van der Waals surface area contributed by atoms with Gasteiger partial charge >= 0.3 is 5.97 Å². The van der Waals surface area contributed by atoms with Gasteiger partial charge in [-0.3, -0.25) is 0 Å². The van der Waals surface area contributed by atoms with Gasteiger partial charge in [0.05, 0.1) is 11.8 Å². The standard InChI is InChI=1S/C14H15N3O3/c1-17-13(15)12(8-16-17)20-14(18)10-6-7-19-11-5-3-2-4-9(10)11/h2-6,8,13,16H,7,15H2,1H3. The first kappa shape index (κ1) is 12.7. The van der Waals surface area contributed by atoms with Crippen molar-refractivity contribution in [2.45, 2.75) is 6.17 Å². The number of carbonyl (C=O) groups excluding carboxylic acids is 1. The van der Waals surface area contributed by atoms with Crippen molar-refractivity contribution in [1.82, 2.24) is 10.4 Å². The summed E-state index contributed by atoms with van der Waals surface area (Å²) in [7, 11) is 1.77. The number of nitrogens with one attached hydrogen (secondary N) is 1. The van der Waals surface area contributed by atoms with Gasteiger partial charge in [-0.05, 0) is 12.1 Å². The van der Waals surface area contributed by atoms with Crippen molar-refractivity contribution in [3.05, 3.63) is 47.9 Å². The fourth-order valence-corrected chi connectivity index (χ4v) is 2.11. The number of para-hydroxylation sites is 1. The Labute approximate surface area is 116 Å². The first-order valence-corrected chi connectivity index (χ1v) is 6.26. The topological polar surface area (TPSA) is 76.8 Å². The number of benzene rings is 1. The summed E-state index contributed by atoms with van der Waals surface area (Å²) in [6, 6.07) is 7.37. The molecule has 0 aliphatic carbocycles. The Hall–Kier alpha value is -2.31. The molecule has 0 saturated heterocycles. The number of ether oxygens (including phenoxy) is 2. The second kappa shape index (κ2) is 4.99. The SMILES string of the molecule is CN1NC=C(OC(=O)C2=CCOc3ccccc32)C1N. The molecule has 2 aliphatic heterocycles. The molecule has 104 valence electrons. The second-order valence-electron chi connectivity index (χ2n) is 4.55. The predicted molar refractivity (Wildman–Crippen MR) is 73.0 cm³/mol. The Morgan fingerprint density at radius 2 is 2.30 bits per heavy atom. The Kier molecular flexibility index (Phi) is 3.17. The van der Waals surface area contributed by atoms with Gasteiger partial charge in [0.2, 0.25) is 0 Å². The van der Waals surface area contributed by atoms with E-state index in [0.29, 0.717) is 23.7 Å². The third-order valence-electron chi connectivity index (χ3n) is 3.25. The number of nitrogens with zero attached hydrogens (tertiary/aromatic N) is 1. The molecule has 0 spiro atoms. The fourth-order valence-electron chi connectivity index (χ4n) is 2.11. The maximum atomic E-state index is 12.3. The minimum absolute atomic E-state index is 0.352. The number of likely N-dealkylation sites (N-methyl/N-ethyl adjacent to an activating group) is 1. The van der Waals surface area contributed by atoms with E-state index in [0.717, 1.165) is 5.56 Å². The van der Waals surface area contributed by atoms with Crippen LogP contribution in [0.2, 0.25) is 0 Å². The highest BCUT2D eigenvalue weighted by molar-refractivity contribution is 6.18. The van der Waals surface area contributed by atoms with Crippen LogP contribution in [0.1, 0.15) is 5.56 Å². The van der Waals surface area contributed by atoms with Crippen molar-refractivity contribution in [3.8, 4) is 5.75 Å². The van der Waals surface area contributed by atoms with Gasteiger partial charge in [-0.15, -0.1) is 0 Å². The number of rotatable bonds is 2. The molecule has 1 aromatic rings. The monoisotopic (exact) mass is 273 g/mol. The van der Waals surface area contributed by atoms with Gasteiger partial charge in [0, 0.05) is 12.6 Å². The number of hydrogen-bond donors (Lipinski definition) is 2. The van der Waals surface area contributed by atoms with E-state index in [1.165, 1.54) is 0 Å². The van der Waals surface area contributed by atoms with Gasteiger partial charge in [-0.2, -0.15) is 0 Å². The van der Waals surface area contributed by atoms with Crippen molar-refractivity contribution in [3.63, 3.8) is 0 Å². The number of fused-ring (bicyclic) bond motifs is 1. The molecule has 0 bridgehead atoms. The maximum absolute atomic E-state index is 12.3. The molecule has 1 unspecified atom stereocenters. The lowest BCUT2D eigenvalue weighted by Gasteiger charge is -2.19. The van der Waals surface area contributed by atoms with Crippen LogP contribution in [0.4, 0.5) is 0 Å². The number of esters is 1. The molecule has 1 atom stereocenters. The lowest BCUT2D eigenvalue weighted by atomic mass is 10.0. The summed E-state index contributed by atoms with van der Waals surface area (Å²) in [5, 5.41) is 1.65. The Balaban J connectivity index is 1.80. The van der Waals surface area contributed by atoms with Crippen LogP contribution in [0.3, 0.4) is 0 Å². The van der Waals surface area contributed by atoms with Crippen LogP contribution >= 0.6 is 0 Å². The molecule has 3 N–H and O–H groups in total. The molecule has 20 heavy (non-hydrogen) atoms. The minimum atomic E-state index is -0.477. The molecule has 2 aliphatic rings. The zero-order valence-corrected chi connectivity index (χ0v) is 11.0. The van der Waals surface area contributed by atoms with Crippen molar-refractivity contribution < 1.29 is 14.3 Å². The molecular formula is C14H15N3O3. The highest BCUT2D eigenvalue weighted by Gasteiger charge is 2.27. The summed E-state index contributed by atoms with van der Waals surface area (Å²) in [4.78, 5) is 12.3. The maximum Gasteiger partial charge on any atom is 0.343 e. The first-order valence-electron chi connectivity index (χ1n) is 6.26. The predicted octanol–water partition coefficient (Wildman–Crippen LogP) is 0.582. The normalized spacial score (nSPS) is 21.2. The Morgan fingerprint density at radius 1 is 1.50 bits per heavy atom. The molecule has 0 radical (unpaired) electrons. The van der Waals surface area contributed by atoms with Crippen LogP contribution in [0.5, 0.6) is 5.75 Å². The largest absolute Gasteiger partial charge is 0.489 e. The highest BCUT2D eigenvalue weighted by atomic mass is 16.5. The molecule has 6 nitrogen and oxygen atoms in total. The van der Waals surface area contributed by atoms with E-state index in [1.807, 2.05) is 24.3 Å². The average molecular weight is 273 g/mol. The quantitative estimate of drug-likeness (QED) is 0.768. The molecule has 0 saturated carbocycles. The van der Waals surface area contributed by atoms with E-state index < -0.39 is 12.1 Å². The van der Waals surface area contributed by atoms with E-state index in [9.17, 15) is 4.79 Å². The molecule has 3 rings (SSSR count). The van der Waals surface area contributed by atoms with Crippen LogP contribution < -0.4 is 15.9 Å². The summed E-state index contributed by atoms with van der Waals surface area (Å²) in [6.45, 7) is 0.352. The molecule has 1 aromatic carbocycles. The summed E-state index contributed by atoms with van der Waals surface area (Å²) >= 11 is 0.